The number of hydrogen-bond acceptors (Lipinski definition) is 3. The molecule has 0 aliphatic heterocycles. The van der Waals surface area contributed by atoms with Crippen LogP contribution in [-0.2, 0) is 0 Å². The number of methoxy groups -OCH3 is 2. The molecule has 4 nitrogen and oxygen atoms in total. The molecule has 0 heterocycles. The Kier molecular flexibility index (Phi) is 5.09. The first-order valence-electron chi connectivity index (χ1n) is 6.04. The van der Waals surface area contributed by atoms with Crippen LogP contribution in [0.25, 0.3) is 0 Å². The fraction of sp³-hybridized carbons (Fsp3) is 0.133. The Morgan fingerprint density at radius 3 is 2.29 bits per heavy atom. The van der Waals surface area contributed by atoms with E-state index >= 15 is 0 Å². The zero-order valence-electron chi connectivity index (χ0n) is 11.4. The second kappa shape index (κ2) is 6.83. The van der Waals surface area contributed by atoms with Crippen molar-refractivity contribution in [2.75, 3.05) is 19.5 Å². The lowest BCUT2D eigenvalue weighted by atomic mass is 10.1. The van der Waals surface area contributed by atoms with Gasteiger partial charge in [0.25, 0.3) is 5.91 Å². The van der Waals surface area contributed by atoms with Gasteiger partial charge in [-0.15, -0.1) is 0 Å². The Bertz CT molecular complexity index is 654. The highest BCUT2D eigenvalue weighted by Gasteiger charge is 2.19. The highest BCUT2D eigenvalue weighted by Crippen LogP contribution is 2.31. The van der Waals surface area contributed by atoms with E-state index in [1.165, 1.54) is 14.2 Å². The van der Waals surface area contributed by atoms with Crippen molar-refractivity contribution in [2.45, 2.75) is 0 Å². The minimum atomic E-state index is -0.327. The first kappa shape index (κ1) is 15.7. The predicted octanol–water partition coefficient (Wildman–Crippen LogP) is 4.37. The van der Waals surface area contributed by atoms with Crippen LogP contribution in [0.4, 0.5) is 5.69 Å². The number of nitrogens with one attached hydrogen (secondary N) is 1. The third-order valence-corrected chi connectivity index (χ3v) is 3.73. The zero-order valence-corrected chi connectivity index (χ0v) is 13.8. The number of benzene rings is 2. The summed E-state index contributed by atoms with van der Waals surface area (Å²) in [4.78, 5) is 12.5. The van der Waals surface area contributed by atoms with Gasteiger partial charge in [0, 0.05) is 9.50 Å². The Morgan fingerprint density at radius 1 is 1.14 bits per heavy atom. The monoisotopic (exact) mass is 369 g/mol. The van der Waals surface area contributed by atoms with Crippen LogP contribution in [0, 0.1) is 0 Å². The molecule has 1 N–H and O–H groups in total. The molecule has 0 fully saturated rings. The van der Waals surface area contributed by atoms with Crippen molar-refractivity contribution in [1.82, 2.24) is 0 Å². The van der Waals surface area contributed by atoms with Gasteiger partial charge in [0.1, 0.15) is 17.1 Å². The van der Waals surface area contributed by atoms with Crippen LogP contribution in [-0.4, -0.2) is 20.1 Å². The van der Waals surface area contributed by atoms with Crippen LogP contribution in [0.3, 0.4) is 0 Å². The molecular weight excluding hydrogens is 358 g/mol. The smallest absolute Gasteiger partial charge is 0.263 e. The van der Waals surface area contributed by atoms with Crippen molar-refractivity contribution in [3.63, 3.8) is 0 Å². The molecule has 0 aromatic heterocycles. The van der Waals surface area contributed by atoms with E-state index in [1.807, 2.05) is 0 Å². The van der Waals surface area contributed by atoms with Crippen LogP contribution in [0.15, 0.2) is 40.9 Å². The van der Waals surface area contributed by atoms with Gasteiger partial charge in [-0.1, -0.05) is 17.7 Å². The van der Waals surface area contributed by atoms with Crippen molar-refractivity contribution in [3.05, 3.63) is 51.5 Å². The number of ether oxygens (including phenoxy) is 2. The summed E-state index contributed by atoms with van der Waals surface area (Å²) >= 11 is 9.24. The summed E-state index contributed by atoms with van der Waals surface area (Å²) in [6.07, 6.45) is 0. The van der Waals surface area contributed by atoms with Gasteiger partial charge in [-0.05, 0) is 46.3 Å². The standard InChI is InChI=1S/C15H13BrClNO3/c1-20-12-4-3-5-13(21-2)14(12)15(19)18-11-7-6-9(17)8-10(11)16/h3-8H,1-2H3,(H,18,19). The van der Waals surface area contributed by atoms with E-state index in [1.54, 1.807) is 36.4 Å². The first-order chi connectivity index (χ1) is 10.1. The molecule has 0 bridgehead atoms. The fourth-order valence-electron chi connectivity index (χ4n) is 1.85. The average molecular weight is 371 g/mol. The quantitative estimate of drug-likeness (QED) is 0.869. The van der Waals surface area contributed by atoms with Gasteiger partial charge in [0.15, 0.2) is 0 Å². The van der Waals surface area contributed by atoms with E-state index in [0.29, 0.717) is 32.2 Å². The lowest BCUT2D eigenvalue weighted by Gasteiger charge is -2.13. The van der Waals surface area contributed by atoms with Crippen LogP contribution in [0.1, 0.15) is 10.4 Å². The number of carbonyl (C=O) groups excluding carboxylic acids is 1. The third kappa shape index (κ3) is 3.49. The Morgan fingerprint density at radius 2 is 1.76 bits per heavy atom. The normalized spacial score (nSPS) is 10.1. The predicted molar refractivity (Wildman–Crippen MR) is 86.7 cm³/mol. The lowest BCUT2D eigenvalue weighted by molar-refractivity contribution is 0.102. The van der Waals surface area contributed by atoms with Crippen molar-refractivity contribution < 1.29 is 14.3 Å². The molecule has 0 spiro atoms. The van der Waals surface area contributed by atoms with Gasteiger partial charge < -0.3 is 14.8 Å². The maximum absolute atomic E-state index is 12.5. The zero-order chi connectivity index (χ0) is 15.4. The summed E-state index contributed by atoms with van der Waals surface area (Å²) in [5.41, 5.74) is 0.946. The first-order valence-corrected chi connectivity index (χ1v) is 7.21. The molecule has 1 amide bonds. The number of rotatable bonds is 4. The van der Waals surface area contributed by atoms with Gasteiger partial charge >= 0.3 is 0 Å². The maximum atomic E-state index is 12.5. The lowest BCUT2D eigenvalue weighted by Crippen LogP contribution is -2.14. The molecule has 0 atom stereocenters. The largest absolute Gasteiger partial charge is 0.496 e. The summed E-state index contributed by atoms with van der Waals surface area (Å²) in [7, 11) is 3.01. The van der Waals surface area contributed by atoms with Gasteiger partial charge in [-0.25, -0.2) is 0 Å². The van der Waals surface area contributed by atoms with Crippen molar-refractivity contribution in [2.24, 2.45) is 0 Å². The minimum Gasteiger partial charge on any atom is -0.496 e. The number of amides is 1. The van der Waals surface area contributed by atoms with Crippen molar-refractivity contribution in [1.29, 1.82) is 0 Å². The molecule has 0 saturated heterocycles. The van der Waals surface area contributed by atoms with Gasteiger partial charge in [-0.3, -0.25) is 4.79 Å². The van der Waals surface area contributed by atoms with Gasteiger partial charge in [0.2, 0.25) is 0 Å². The average Bonchev–Trinajstić information content (AvgIpc) is 2.49. The molecule has 2 aromatic carbocycles. The Balaban J connectivity index is 2.36. The molecule has 0 radical (unpaired) electrons. The highest BCUT2D eigenvalue weighted by atomic mass is 79.9. The third-order valence-electron chi connectivity index (χ3n) is 2.83. The number of anilines is 1. The van der Waals surface area contributed by atoms with E-state index in [2.05, 4.69) is 21.2 Å². The molecule has 0 aliphatic carbocycles. The summed E-state index contributed by atoms with van der Waals surface area (Å²) in [5, 5.41) is 3.38. The van der Waals surface area contributed by atoms with E-state index in [4.69, 9.17) is 21.1 Å². The van der Waals surface area contributed by atoms with Crippen molar-refractivity contribution >= 4 is 39.1 Å². The molecule has 2 rings (SSSR count). The molecule has 0 unspecified atom stereocenters. The number of carbonyl (C=O) groups is 1. The summed E-state index contributed by atoms with van der Waals surface area (Å²) in [6.45, 7) is 0. The minimum absolute atomic E-state index is 0.327. The number of hydrogen-bond donors (Lipinski definition) is 1. The van der Waals surface area contributed by atoms with Gasteiger partial charge in [0.05, 0.1) is 19.9 Å². The molecule has 6 heteroatoms. The van der Waals surface area contributed by atoms with Crippen molar-refractivity contribution in [3.8, 4) is 11.5 Å². The molecule has 2 aromatic rings. The molecule has 21 heavy (non-hydrogen) atoms. The summed E-state index contributed by atoms with van der Waals surface area (Å²) in [6, 6.07) is 10.3. The van der Waals surface area contributed by atoms with Crippen LogP contribution < -0.4 is 14.8 Å². The topological polar surface area (TPSA) is 47.6 Å². The van der Waals surface area contributed by atoms with Crippen LogP contribution in [0.2, 0.25) is 5.02 Å². The van der Waals surface area contributed by atoms with Crippen LogP contribution in [0.5, 0.6) is 11.5 Å². The maximum Gasteiger partial charge on any atom is 0.263 e. The van der Waals surface area contributed by atoms with E-state index < -0.39 is 0 Å². The number of halogens is 2. The molecular formula is C15H13BrClNO3. The Hall–Kier alpha value is -1.72. The molecule has 110 valence electrons. The second-order valence-corrected chi connectivity index (χ2v) is 5.41. The molecule has 0 saturated carbocycles. The fourth-order valence-corrected chi connectivity index (χ4v) is 2.63. The van der Waals surface area contributed by atoms with E-state index in [-0.39, 0.29) is 5.91 Å². The highest BCUT2D eigenvalue weighted by molar-refractivity contribution is 9.10. The Labute approximate surface area is 136 Å². The van der Waals surface area contributed by atoms with E-state index in [0.717, 1.165) is 0 Å². The second-order valence-electron chi connectivity index (χ2n) is 4.12. The van der Waals surface area contributed by atoms with Crippen LogP contribution >= 0.6 is 27.5 Å². The summed E-state index contributed by atoms with van der Waals surface area (Å²) in [5.74, 6) is 0.557. The summed E-state index contributed by atoms with van der Waals surface area (Å²) < 4.78 is 11.1. The van der Waals surface area contributed by atoms with Gasteiger partial charge in [-0.2, -0.15) is 0 Å². The SMILES string of the molecule is COc1cccc(OC)c1C(=O)Nc1ccc(Cl)cc1Br. The molecule has 0 aliphatic rings. The van der Waals surface area contributed by atoms with E-state index in [9.17, 15) is 4.79 Å².